The van der Waals surface area contributed by atoms with Crippen LogP contribution in [0.4, 0.5) is 0 Å². The third-order valence-corrected chi connectivity index (χ3v) is 3.20. The summed E-state index contributed by atoms with van der Waals surface area (Å²) < 4.78 is 6.57. The Morgan fingerprint density at radius 1 is 1.37 bits per heavy atom. The first-order valence-electron chi connectivity index (χ1n) is 6.12. The van der Waals surface area contributed by atoms with E-state index >= 15 is 0 Å². The van der Waals surface area contributed by atoms with E-state index in [0.717, 1.165) is 5.56 Å². The second-order valence-corrected chi connectivity index (χ2v) is 4.81. The van der Waals surface area contributed by atoms with Crippen LogP contribution in [0.5, 0.6) is 11.6 Å². The van der Waals surface area contributed by atoms with Crippen LogP contribution in [0.2, 0.25) is 0 Å². The van der Waals surface area contributed by atoms with Crippen LogP contribution < -0.4 is 10.3 Å². The van der Waals surface area contributed by atoms with Crippen molar-refractivity contribution >= 4 is 0 Å². The predicted octanol–water partition coefficient (Wildman–Crippen LogP) is 2.22. The first kappa shape index (κ1) is 13.3. The predicted molar refractivity (Wildman–Crippen MR) is 73.8 cm³/mol. The third kappa shape index (κ3) is 2.23. The van der Waals surface area contributed by atoms with Crippen LogP contribution in [0.15, 0.2) is 23.0 Å². The number of rotatable bonds is 3. The molecule has 0 saturated carbocycles. The molecule has 0 atom stereocenters. The Kier molecular flexibility index (Phi) is 3.38. The SMILES string of the molecule is COc1ccc(C(C)C)cc1-c1c(O)n(C)[nH]c1=O. The lowest BCUT2D eigenvalue weighted by Gasteiger charge is -2.11. The number of hydrogen-bond donors (Lipinski definition) is 2. The van der Waals surface area contributed by atoms with Gasteiger partial charge >= 0.3 is 0 Å². The summed E-state index contributed by atoms with van der Waals surface area (Å²) in [5.74, 6) is 0.801. The van der Waals surface area contributed by atoms with Crippen LogP contribution in [-0.4, -0.2) is 22.0 Å². The molecule has 2 N–H and O–H groups in total. The Morgan fingerprint density at radius 3 is 2.53 bits per heavy atom. The first-order chi connectivity index (χ1) is 8.95. The fourth-order valence-corrected chi connectivity index (χ4v) is 2.05. The molecule has 1 heterocycles. The number of benzene rings is 1. The molecule has 102 valence electrons. The fraction of sp³-hybridized carbons (Fsp3) is 0.357. The van der Waals surface area contributed by atoms with Crippen LogP contribution in [-0.2, 0) is 7.05 Å². The number of hydrogen-bond acceptors (Lipinski definition) is 3. The van der Waals surface area contributed by atoms with Gasteiger partial charge in [0.1, 0.15) is 11.3 Å². The van der Waals surface area contributed by atoms with Gasteiger partial charge in [0.25, 0.3) is 5.56 Å². The van der Waals surface area contributed by atoms with Gasteiger partial charge in [-0.15, -0.1) is 0 Å². The molecule has 5 heteroatoms. The summed E-state index contributed by atoms with van der Waals surface area (Å²) in [4.78, 5) is 11.9. The van der Waals surface area contributed by atoms with Crippen molar-refractivity contribution in [2.45, 2.75) is 19.8 Å². The van der Waals surface area contributed by atoms with Crippen molar-refractivity contribution < 1.29 is 9.84 Å². The molecule has 0 amide bonds. The first-order valence-corrected chi connectivity index (χ1v) is 6.12. The van der Waals surface area contributed by atoms with Crippen molar-refractivity contribution in [1.82, 2.24) is 9.78 Å². The molecule has 0 unspecified atom stereocenters. The Bertz CT molecular complexity index is 653. The van der Waals surface area contributed by atoms with E-state index in [1.807, 2.05) is 18.2 Å². The number of nitrogens with one attached hydrogen (secondary N) is 1. The molecule has 2 aromatic rings. The van der Waals surface area contributed by atoms with Gasteiger partial charge in [-0.25, -0.2) is 0 Å². The number of nitrogens with zero attached hydrogens (tertiary/aromatic N) is 1. The number of aromatic hydroxyl groups is 1. The molecule has 0 radical (unpaired) electrons. The highest BCUT2D eigenvalue weighted by Crippen LogP contribution is 2.35. The summed E-state index contributed by atoms with van der Waals surface area (Å²) in [6, 6.07) is 5.66. The van der Waals surface area contributed by atoms with E-state index in [1.165, 1.54) is 4.68 Å². The summed E-state index contributed by atoms with van der Waals surface area (Å²) in [5, 5.41) is 12.5. The Morgan fingerprint density at radius 2 is 2.05 bits per heavy atom. The highest BCUT2D eigenvalue weighted by atomic mass is 16.5. The Labute approximate surface area is 111 Å². The van der Waals surface area contributed by atoms with Gasteiger partial charge in [0, 0.05) is 12.6 Å². The van der Waals surface area contributed by atoms with E-state index in [-0.39, 0.29) is 17.0 Å². The lowest BCUT2D eigenvalue weighted by molar-refractivity contribution is 0.412. The van der Waals surface area contributed by atoms with Crippen LogP contribution in [0.3, 0.4) is 0 Å². The molecular formula is C14H18N2O3. The van der Waals surface area contributed by atoms with Crippen molar-refractivity contribution in [2.75, 3.05) is 7.11 Å². The number of aromatic amines is 1. The molecule has 2 rings (SSSR count). The van der Waals surface area contributed by atoms with Crippen LogP contribution in [0.25, 0.3) is 11.1 Å². The van der Waals surface area contributed by atoms with E-state index in [2.05, 4.69) is 18.9 Å². The second-order valence-electron chi connectivity index (χ2n) is 4.81. The molecule has 5 nitrogen and oxygen atoms in total. The lowest BCUT2D eigenvalue weighted by Crippen LogP contribution is -2.05. The number of methoxy groups -OCH3 is 1. The molecule has 1 aromatic heterocycles. The molecule has 0 saturated heterocycles. The normalized spacial score (nSPS) is 11.0. The van der Waals surface area contributed by atoms with Crippen molar-refractivity contribution in [3.63, 3.8) is 0 Å². The topological polar surface area (TPSA) is 67.2 Å². The molecule has 0 aliphatic heterocycles. The average Bonchev–Trinajstić information content (AvgIpc) is 2.62. The molecule has 0 aliphatic carbocycles. The quantitative estimate of drug-likeness (QED) is 0.891. The maximum Gasteiger partial charge on any atom is 0.276 e. The summed E-state index contributed by atoms with van der Waals surface area (Å²) in [6.45, 7) is 4.14. The summed E-state index contributed by atoms with van der Waals surface area (Å²) in [5.41, 5.74) is 1.59. The maximum absolute atomic E-state index is 11.9. The number of ether oxygens (including phenoxy) is 1. The zero-order valence-corrected chi connectivity index (χ0v) is 11.5. The molecule has 0 bridgehead atoms. The van der Waals surface area contributed by atoms with Gasteiger partial charge in [-0.3, -0.25) is 14.6 Å². The van der Waals surface area contributed by atoms with E-state index in [1.54, 1.807) is 14.2 Å². The summed E-state index contributed by atoms with van der Waals surface area (Å²) in [7, 11) is 3.13. The molecule has 0 fully saturated rings. The van der Waals surface area contributed by atoms with Crippen LogP contribution in [0, 0.1) is 0 Å². The van der Waals surface area contributed by atoms with Gasteiger partial charge in [-0.1, -0.05) is 19.9 Å². The molecule has 1 aromatic carbocycles. The highest BCUT2D eigenvalue weighted by molar-refractivity contribution is 5.74. The summed E-state index contributed by atoms with van der Waals surface area (Å²) in [6.07, 6.45) is 0. The van der Waals surface area contributed by atoms with Crippen molar-refractivity contribution in [3.8, 4) is 22.8 Å². The highest BCUT2D eigenvalue weighted by Gasteiger charge is 2.19. The zero-order chi connectivity index (χ0) is 14.2. The van der Waals surface area contributed by atoms with Gasteiger partial charge in [-0.05, 0) is 23.6 Å². The molecule has 19 heavy (non-hydrogen) atoms. The van der Waals surface area contributed by atoms with E-state index in [9.17, 15) is 9.90 Å². The molecular weight excluding hydrogens is 244 g/mol. The van der Waals surface area contributed by atoms with Crippen molar-refractivity contribution in [1.29, 1.82) is 0 Å². The van der Waals surface area contributed by atoms with Crippen molar-refractivity contribution in [2.24, 2.45) is 7.05 Å². The van der Waals surface area contributed by atoms with Gasteiger partial charge < -0.3 is 9.84 Å². The third-order valence-electron chi connectivity index (χ3n) is 3.20. The van der Waals surface area contributed by atoms with E-state index in [4.69, 9.17) is 4.74 Å². The minimum absolute atomic E-state index is 0.0933. The average molecular weight is 262 g/mol. The van der Waals surface area contributed by atoms with Gasteiger partial charge in [0.2, 0.25) is 5.88 Å². The number of H-pyrrole nitrogens is 1. The standard InChI is InChI=1S/C14H18N2O3/c1-8(2)9-5-6-11(19-4)10(7-9)12-13(17)15-16(3)14(12)18/h5-8,18H,1-4H3,(H,15,17). The molecule has 0 aliphatic rings. The van der Waals surface area contributed by atoms with Crippen LogP contribution >= 0.6 is 0 Å². The lowest BCUT2D eigenvalue weighted by atomic mass is 9.97. The molecule has 0 spiro atoms. The zero-order valence-electron chi connectivity index (χ0n) is 11.5. The van der Waals surface area contributed by atoms with Gasteiger partial charge in [0.15, 0.2) is 0 Å². The van der Waals surface area contributed by atoms with Crippen LogP contribution in [0.1, 0.15) is 25.3 Å². The van der Waals surface area contributed by atoms with Gasteiger partial charge in [-0.2, -0.15) is 0 Å². The minimum atomic E-state index is -0.334. The number of aromatic nitrogens is 2. The van der Waals surface area contributed by atoms with Crippen molar-refractivity contribution in [3.05, 3.63) is 34.1 Å². The second kappa shape index (κ2) is 4.84. The smallest absolute Gasteiger partial charge is 0.276 e. The summed E-state index contributed by atoms with van der Waals surface area (Å²) >= 11 is 0. The Balaban J connectivity index is 2.72. The Hall–Kier alpha value is -2.17. The fourth-order valence-electron chi connectivity index (χ4n) is 2.05. The van der Waals surface area contributed by atoms with Gasteiger partial charge in [0.05, 0.1) is 7.11 Å². The van der Waals surface area contributed by atoms with E-state index in [0.29, 0.717) is 17.2 Å². The van der Waals surface area contributed by atoms with E-state index < -0.39 is 0 Å². The minimum Gasteiger partial charge on any atom is -0.496 e. The number of aryl methyl sites for hydroxylation is 1. The monoisotopic (exact) mass is 262 g/mol. The maximum atomic E-state index is 11.9. The largest absolute Gasteiger partial charge is 0.496 e.